The predicted molar refractivity (Wildman–Crippen MR) is 84.1 cm³/mol. The van der Waals surface area contributed by atoms with Crippen molar-refractivity contribution in [2.75, 3.05) is 10.6 Å². The number of anilines is 3. The summed E-state index contributed by atoms with van der Waals surface area (Å²) in [6.07, 6.45) is 4.19. The highest BCUT2D eigenvalue weighted by atomic mass is 15.2. The Morgan fingerprint density at radius 2 is 2.18 bits per heavy atom. The maximum Gasteiger partial charge on any atom is 0.232 e. The molecule has 1 atom stereocenters. The van der Waals surface area contributed by atoms with Crippen LogP contribution in [0.25, 0.3) is 11.2 Å². The van der Waals surface area contributed by atoms with Gasteiger partial charge >= 0.3 is 0 Å². The Labute approximate surface area is 127 Å². The van der Waals surface area contributed by atoms with Crippen molar-refractivity contribution in [2.45, 2.75) is 32.7 Å². The first-order chi connectivity index (χ1) is 10.7. The molecule has 4 rings (SSSR count). The molecule has 0 aliphatic heterocycles. The summed E-state index contributed by atoms with van der Waals surface area (Å²) in [6, 6.07) is 2.29. The van der Waals surface area contributed by atoms with Crippen molar-refractivity contribution < 1.29 is 0 Å². The van der Waals surface area contributed by atoms with E-state index in [1.54, 1.807) is 6.33 Å². The Kier molecular flexibility index (Phi) is 2.95. The molecule has 1 saturated carbocycles. The largest absolute Gasteiger partial charge is 0.365 e. The van der Waals surface area contributed by atoms with E-state index in [9.17, 15) is 0 Å². The maximum absolute atomic E-state index is 4.56. The third kappa shape index (κ3) is 2.47. The van der Waals surface area contributed by atoms with Gasteiger partial charge in [0.25, 0.3) is 0 Å². The minimum atomic E-state index is 0.385. The lowest BCUT2D eigenvalue weighted by molar-refractivity contribution is 0.691. The highest BCUT2D eigenvalue weighted by Gasteiger charge is 2.28. The number of H-pyrrole nitrogens is 2. The predicted octanol–water partition coefficient (Wildman–Crippen LogP) is 2.34. The molecule has 3 aromatic rings. The van der Waals surface area contributed by atoms with E-state index in [-0.39, 0.29) is 0 Å². The summed E-state index contributed by atoms with van der Waals surface area (Å²) in [6.45, 7) is 4.13. The molecule has 0 amide bonds. The van der Waals surface area contributed by atoms with Crippen LogP contribution in [0.1, 0.15) is 25.5 Å². The zero-order valence-electron chi connectivity index (χ0n) is 12.5. The smallest absolute Gasteiger partial charge is 0.232 e. The van der Waals surface area contributed by atoms with Gasteiger partial charge in [-0.25, -0.2) is 4.98 Å². The molecule has 0 radical (unpaired) electrons. The topological polar surface area (TPSA) is 107 Å². The lowest BCUT2D eigenvalue weighted by Gasteiger charge is -2.14. The molecular formula is C14H18N8. The number of aromatic amines is 2. The zero-order valence-corrected chi connectivity index (χ0v) is 12.5. The fraction of sp³-hybridized carbons (Fsp3) is 0.429. The average Bonchev–Trinajstić information content (AvgIpc) is 3.11. The third-order valence-corrected chi connectivity index (χ3v) is 3.92. The van der Waals surface area contributed by atoms with E-state index in [0.717, 1.165) is 22.9 Å². The number of aromatic nitrogens is 6. The zero-order chi connectivity index (χ0) is 15.1. The van der Waals surface area contributed by atoms with Gasteiger partial charge in [0.15, 0.2) is 17.3 Å². The van der Waals surface area contributed by atoms with Crippen molar-refractivity contribution in [1.29, 1.82) is 0 Å². The summed E-state index contributed by atoms with van der Waals surface area (Å²) < 4.78 is 0. The Morgan fingerprint density at radius 3 is 2.91 bits per heavy atom. The first kappa shape index (κ1) is 13.1. The Balaban J connectivity index is 1.66. The number of rotatable bonds is 5. The van der Waals surface area contributed by atoms with Crippen molar-refractivity contribution in [1.82, 2.24) is 30.1 Å². The van der Waals surface area contributed by atoms with Gasteiger partial charge in [-0.05, 0) is 32.6 Å². The Hall–Kier alpha value is -2.64. The quantitative estimate of drug-likeness (QED) is 0.576. The van der Waals surface area contributed by atoms with Crippen LogP contribution in [0.5, 0.6) is 0 Å². The van der Waals surface area contributed by atoms with Crippen LogP contribution in [-0.2, 0) is 0 Å². The molecule has 3 heterocycles. The van der Waals surface area contributed by atoms with Gasteiger partial charge in [-0.2, -0.15) is 15.1 Å². The summed E-state index contributed by atoms with van der Waals surface area (Å²) in [5.74, 6) is 2.67. The fourth-order valence-corrected chi connectivity index (χ4v) is 2.52. The number of aryl methyl sites for hydroxylation is 1. The van der Waals surface area contributed by atoms with Crippen molar-refractivity contribution in [3.8, 4) is 0 Å². The van der Waals surface area contributed by atoms with Gasteiger partial charge in [-0.1, -0.05) is 0 Å². The van der Waals surface area contributed by atoms with Crippen molar-refractivity contribution in [3.63, 3.8) is 0 Å². The van der Waals surface area contributed by atoms with Crippen molar-refractivity contribution in [2.24, 2.45) is 5.92 Å². The second-order valence-corrected chi connectivity index (χ2v) is 5.83. The minimum Gasteiger partial charge on any atom is -0.365 e. The van der Waals surface area contributed by atoms with E-state index in [1.165, 1.54) is 12.8 Å². The normalized spacial score (nSPS) is 15.9. The van der Waals surface area contributed by atoms with Gasteiger partial charge < -0.3 is 15.6 Å². The number of imidazole rings is 1. The van der Waals surface area contributed by atoms with E-state index >= 15 is 0 Å². The van der Waals surface area contributed by atoms with Gasteiger partial charge in [-0.3, -0.25) is 5.10 Å². The Bertz CT molecular complexity index is 800. The third-order valence-electron chi connectivity index (χ3n) is 3.92. The van der Waals surface area contributed by atoms with E-state index in [4.69, 9.17) is 0 Å². The van der Waals surface area contributed by atoms with Crippen LogP contribution in [0.2, 0.25) is 0 Å². The van der Waals surface area contributed by atoms with Crippen molar-refractivity contribution >= 4 is 28.7 Å². The number of fused-ring (bicyclic) bond motifs is 1. The number of hydrogen-bond acceptors (Lipinski definition) is 6. The van der Waals surface area contributed by atoms with Crippen LogP contribution in [0.3, 0.4) is 0 Å². The number of nitrogens with zero attached hydrogens (tertiary/aromatic N) is 4. The standard InChI is InChI=1S/C14H18N8/c1-7-5-10(22-21-7)18-14-19-12-11(15-6-16-12)13(20-14)17-8(2)9-3-4-9/h5-6,8-9H,3-4H2,1-2H3,(H4,15,16,17,18,19,20,21,22)/t8-/m0/s1. The molecule has 22 heavy (non-hydrogen) atoms. The summed E-state index contributed by atoms with van der Waals surface area (Å²) in [5, 5.41) is 13.6. The molecule has 0 bridgehead atoms. The molecule has 8 nitrogen and oxygen atoms in total. The first-order valence-corrected chi connectivity index (χ1v) is 7.46. The summed E-state index contributed by atoms with van der Waals surface area (Å²) >= 11 is 0. The van der Waals surface area contributed by atoms with E-state index < -0.39 is 0 Å². The Morgan fingerprint density at radius 1 is 1.32 bits per heavy atom. The molecule has 114 valence electrons. The molecule has 1 fully saturated rings. The van der Waals surface area contributed by atoms with Gasteiger partial charge in [0.1, 0.15) is 5.52 Å². The summed E-state index contributed by atoms with van der Waals surface area (Å²) in [7, 11) is 0. The molecule has 0 aromatic carbocycles. The van der Waals surface area contributed by atoms with Gasteiger partial charge in [0.05, 0.1) is 6.33 Å². The first-order valence-electron chi connectivity index (χ1n) is 7.46. The molecule has 0 saturated heterocycles. The van der Waals surface area contributed by atoms with Crippen molar-refractivity contribution in [3.05, 3.63) is 18.1 Å². The second kappa shape index (κ2) is 4.97. The van der Waals surface area contributed by atoms with Crippen LogP contribution < -0.4 is 10.6 Å². The molecule has 4 N–H and O–H groups in total. The molecule has 1 aliphatic rings. The van der Waals surface area contributed by atoms with Crippen LogP contribution >= 0.6 is 0 Å². The minimum absolute atomic E-state index is 0.385. The van der Waals surface area contributed by atoms with E-state index in [1.807, 2.05) is 13.0 Å². The molecule has 0 spiro atoms. The number of nitrogens with one attached hydrogen (secondary N) is 4. The maximum atomic E-state index is 4.56. The summed E-state index contributed by atoms with van der Waals surface area (Å²) in [4.78, 5) is 16.3. The van der Waals surface area contributed by atoms with E-state index in [2.05, 4.69) is 47.7 Å². The summed E-state index contributed by atoms with van der Waals surface area (Å²) in [5.41, 5.74) is 2.44. The monoisotopic (exact) mass is 298 g/mol. The fourth-order valence-electron chi connectivity index (χ4n) is 2.52. The van der Waals surface area contributed by atoms with E-state index in [0.29, 0.717) is 23.5 Å². The van der Waals surface area contributed by atoms with Crippen LogP contribution in [0, 0.1) is 12.8 Å². The van der Waals surface area contributed by atoms with Crippen LogP contribution in [0.4, 0.5) is 17.6 Å². The van der Waals surface area contributed by atoms with Crippen LogP contribution in [0.15, 0.2) is 12.4 Å². The highest BCUT2D eigenvalue weighted by molar-refractivity contribution is 5.84. The molecule has 3 aromatic heterocycles. The van der Waals surface area contributed by atoms with Crippen LogP contribution in [-0.4, -0.2) is 36.2 Å². The average molecular weight is 298 g/mol. The highest BCUT2D eigenvalue weighted by Crippen LogP contribution is 2.34. The van der Waals surface area contributed by atoms with Gasteiger partial charge in [-0.15, -0.1) is 0 Å². The molecule has 1 aliphatic carbocycles. The SMILES string of the molecule is Cc1cc(Nc2nc(N[C@@H](C)C3CC3)c3nc[nH]c3n2)n[nH]1. The molecule has 0 unspecified atom stereocenters. The lowest BCUT2D eigenvalue weighted by Crippen LogP contribution is -2.19. The number of hydrogen-bond donors (Lipinski definition) is 4. The lowest BCUT2D eigenvalue weighted by atomic mass is 10.2. The molecule has 8 heteroatoms. The second-order valence-electron chi connectivity index (χ2n) is 5.83. The molecular weight excluding hydrogens is 280 g/mol. The van der Waals surface area contributed by atoms with Gasteiger partial charge in [0.2, 0.25) is 5.95 Å². The van der Waals surface area contributed by atoms with Gasteiger partial charge in [0, 0.05) is 17.8 Å².